The number of alkyl halides is 1. The van der Waals surface area contributed by atoms with Gasteiger partial charge in [-0.2, -0.15) is 0 Å². The molecule has 14 heavy (non-hydrogen) atoms. The summed E-state index contributed by atoms with van der Waals surface area (Å²) in [6, 6.07) is 0. The lowest BCUT2D eigenvalue weighted by molar-refractivity contribution is 0.273. The lowest BCUT2D eigenvalue weighted by atomic mass is 9.80. The van der Waals surface area contributed by atoms with Crippen LogP contribution in [0.2, 0.25) is 0 Å². The average molecular weight is 261 g/mol. The van der Waals surface area contributed by atoms with Crippen molar-refractivity contribution in [2.24, 2.45) is 11.8 Å². The summed E-state index contributed by atoms with van der Waals surface area (Å²) in [5.41, 5.74) is 0. The molecule has 1 rings (SSSR count). The van der Waals surface area contributed by atoms with Crippen LogP contribution in [0.1, 0.15) is 65.2 Å². The van der Waals surface area contributed by atoms with E-state index in [1.807, 2.05) is 0 Å². The summed E-state index contributed by atoms with van der Waals surface area (Å²) in [5, 5.41) is 0. The third kappa shape index (κ3) is 4.82. The van der Waals surface area contributed by atoms with Crippen molar-refractivity contribution in [3.05, 3.63) is 0 Å². The van der Waals surface area contributed by atoms with Crippen LogP contribution in [-0.4, -0.2) is 4.83 Å². The van der Waals surface area contributed by atoms with Gasteiger partial charge in [-0.1, -0.05) is 61.9 Å². The highest BCUT2D eigenvalue weighted by molar-refractivity contribution is 9.09. The van der Waals surface area contributed by atoms with Crippen molar-refractivity contribution in [1.29, 1.82) is 0 Å². The Bertz CT molecular complexity index is 136. The highest BCUT2D eigenvalue weighted by Gasteiger charge is 2.18. The van der Waals surface area contributed by atoms with Gasteiger partial charge in [0.05, 0.1) is 0 Å². The van der Waals surface area contributed by atoms with E-state index in [2.05, 4.69) is 29.8 Å². The van der Waals surface area contributed by atoms with Crippen LogP contribution in [0.5, 0.6) is 0 Å². The molecular weight excluding hydrogens is 236 g/mol. The first-order chi connectivity index (χ1) is 6.72. The number of hydrogen-bond donors (Lipinski definition) is 0. The molecule has 0 aromatic heterocycles. The van der Waals surface area contributed by atoms with Gasteiger partial charge in [-0.3, -0.25) is 0 Å². The minimum Gasteiger partial charge on any atom is -0.0891 e. The van der Waals surface area contributed by atoms with Crippen molar-refractivity contribution in [3.63, 3.8) is 0 Å². The Balaban J connectivity index is 2.06. The van der Waals surface area contributed by atoms with Crippen LogP contribution in [0.25, 0.3) is 0 Å². The van der Waals surface area contributed by atoms with Gasteiger partial charge in [0.2, 0.25) is 0 Å². The molecule has 0 spiro atoms. The number of rotatable bonds is 5. The van der Waals surface area contributed by atoms with E-state index in [-0.39, 0.29) is 0 Å². The smallest absolute Gasteiger partial charge is 0.0145 e. The van der Waals surface area contributed by atoms with E-state index in [4.69, 9.17) is 0 Å². The van der Waals surface area contributed by atoms with E-state index in [0.29, 0.717) is 0 Å². The molecule has 0 aliphatic heterocycles. The van der Waals surface area contributed by atoms with E-state index in [0.717, 1.165) is 16.7 Å². The van der Waals surface area contributed by atoms with E-state index >= 15 is 0 Å². The average Bonchev–Trinajstić information content (AvgIpc) is 2.17. The molecule has 1 saturated carbocycles. The molecule has 1 unspecified atom stereocenters. The molecule has 1 aliphatic carbocycles. The molecule has 1 aliphatic rings. The number of halogens is 1. The lowest BCUT2D eigenvalue weighted by Crippen LogP contribution is -2.13. The molecule has 0 nitrogen and oxygen atoms in total. The van der Waals surface area contributed by atoms with Gasteiger partial charge in [0.15, 0.2) is 0 Å². The molecule has 0 heterocycles. The fourth-order valence-corrected chi connectivity index (χ4v) is 3.21. The molecule has 0 amide bonds. The van der Waals surface area contributed by atoms with Crippen LogP contribution in [-0.2, 0) is 0 Å². The third-order valence-corrected chi connectivity index (χ3v) is 4.54. The maximum atomic E-state index is 3.78. The van der Waals surface area contributed by atoms with Crippen LogP contribution in [0, 0.1) is 11.8 Å². The third-order valence-electron chi connectivity index (χ3n) is 3.63. The van der Waals surface area contributed by atoms with E-state index in [9.17, 15) is 0 Å². The highest BCUT2D eigenvalue weighted by Crippen LogP contribution is 2.32. The fraction of sp³-hybridized carbons (Fsp3) is 1.00. The summed E-state index contributed by atoms with van der Waals surface area (Å²) >= 11 is 3.78. The van der Waals surface area contributed by atoms with Crippen LogP contribution in [0.15, 0.2) is 0 Å². The highest BCUT2D eigenvalue weighted by atomic mass is 79.9. The van der Waals surface area contributed by atoms with Gasteiger partial charge in [0.1, 0.15) is 0 Å². The second-order valence-electron chi connectivity index (χ2n) is 5.09. The molecule has 0 aromatic rings. The molecule has 1 fully saturated rings. The number of hydrogen-bond acceptors (Lipinski definition) is 0. The maximum Gasteiger partial charge on any atom is 0.0145 e. The van der Waals surface area contributed by atoms with Crippen molar-refractivity contribution in [1.82, 2.24) is 0 Å². The Kier molecular flexibility index (Phi) is 6.16. The minimum absolute atomic E-state index is 0.784. The molecule has 0 N–H and O–H groups in total. The van der Waals surface area contributed by atoms with E-state index in [1.54, 1.807) is 0 Å². The van der Waals surface area contributed by atoms with E-state index < -0.39 is 0 Å². The standard InChI is InChI=1S/C13H25Br/c1-3-4-13(14)10-9-12-7-5-11(2)6-8-12/h11-13H,3-10H2,1-2H3. The Morgan fingerprint density at radius 1 is 1.14 bits per heavy atom. The molecule has 0 bridgehead atoms. The predicted molar refractivity (Wildman–Crippen MR) is 68.0 cm³/mol. The first-order valence-electron chi connectivity index (χ1n) is 6.36. The van der Waals surface area contributed by atoms with E-state index in [1.165, 1.54) is 51.4 Å². The van der Waals surface area contributed by atoms with Crippen LogP contribution >= 0.6 is 15.9 Å². The largest absolute Gasteiger partial charge is 0.0891 e. The van der Waals surface area contributed by atoms with Gasteiger partial charge >= 0.3 is 0 Å². The minimum atomic E-state index is 0.784. The van der Waals surface area contributed by atoms with Crippen molar-refractivity contribution in [2.45, 2.75) is 70.0 Å². The molecule has 84 valence electrons. The topological polar surface area (TPSA) is 0 Å². The van der Waals surface area contributed by atoms with Crippen LogP contribution in [0.3, 0.4) is 0 Å². The van der Waals surface area contributed by atoms with Crippen molar-refractivity contribution < 1.29 is 0 Å². The normalized spacial score (nSPS) is 30.2. The summed E-state index contributed by atoms with van der Waals surface area (Å²) < 4.78 is 0. The summed E-state index contributed by atoms with van der Waals surface area (Å²) in [4.78, 5) is 0.784. The van der Waals surface area contributed by atoms with Gasteiger partial charge in [-0.15, -0.1) is 0 Å². The Morgan fingerprint density at radius 3 is 2.36 bits per heavy atom. The zero-order valence-corrected chi connectivity index (χ0v) is 11.4. The summed E-state index contributed by atoms with van der Waals surface area (Å²) in [6.45, 7) is 4.68. The van der Waals surface area contributed by atoms with Gasteiger partial charge in [-0.05, 0) is 31.1 Å². The van der Waals surface area contributed by atoms with Crippen molar-refractivity contribution >= 4 is 15.9 Å². The Hall–Kier alpha value is 0.480. The Labute approximate surface area is 98.0 Å². The predicted octanol–water partition coefficient (Wildman–Crippen LogP) is 5.16. The first-order valence-corrected chi connectivity index (χ1v) is 7.28. The summed E-state index contributed by atoms with van der Waals surface area (Å²) in [6.07, 6.45) is 11.5. The summed E-state index contributed by atoms with van der Waals surface area (Å²) in [5.74, 6) is 2.05. The first kappa shape index (κ1) is 12.5. The monoisotopic (exact) mass is 260 g/mol. The van der Waals surface area contributed by atoms with Gasteiger partial charge < -0.3 is 0 Å². The quantitative estimate of drug-likeness (QED) is 0.600. The molecule has 0 saturated heterocycles. The fourth-order valence-electron chi connectivity index (χ4n) is 2.49. The van der Waals surface area contributed by atoms with Gasteiger partial charge in [0.25, 0.3) is 0 Å². The van der Waals surface area contributed by atoms with Crippen LogP contribution < -0.4 is 0 Å². The molecule has 1 atom stereocenters. The molecule has 1 heteroatoms. The summed E-state index contributed by atoms with van der Waals surface area (Å²) in [7, 11) is 0. The maximum absolute atomic E-state index is 3.78. The van der Waals surface area contributed by atoms with Crippen molar-refractivity contribution in [3.8, 4) is 0 Å². The zero-order chi connectivity index (χ0) is 10.4. The SMILES string of the molecule is CCCC(Br)CCC1CCC(C)CC1. The van der Waals surface area contributed by atoms with Crippen LogP contribution in [0.4, 0.5) is 0 Å². The molecule has 0 radical (unpaired) electrons. The molecular formula is C13H25Br. The molecule has 0 aromatic carbocycles. The van der Waals surface area contributed by atoms with Crippen molar-refractivity contribution in [2.75, 3.05) is 0 Å². The second-order valence-corrected chi connectivity index (χ2v) is 6.38. The Morgan fingerprint density at radius 2 is 1.79 bits per heavy atom. The van der Waals surface area contributed by atoms with Gasteiger partial charge in [-0.25, -0.2) is 0 Å². The van der Waals surface area contributed by atoms with Gasteiger partial charge in [0, 0.05) is 4.83 Å². The zero-order valence-electron chi connectivity index (χ0n) is 9.77. The second kappa shape index (κ2) is 6.87. The lowest BCUT2D eigenvalue weighted by Gasteiger charge is -2.26.